The molecule has 3 nitrogen and oxygen atoms in total. The summed E-state index contributed by atoms with van der Waals surface area (Å²) in [5.74, 6) is 0.850. The minimum absolute atomic E-state index is 0.0191. The smallest absolute Gasteiger partial charge is 0.309 e. The number of ether oxygens (including phenoxy) is 1. The van der Waals surface area contributed by atoms with Gasteiger partial charge in [-0.3, -0.25) is 9.69 Å². The number of likely N-dealkylation sites (tertiary alicyclic amines) is 1. The van der Waals surface area contributed by atoms with E-state index in [0.29, 0.717) is 0 Å². The standard InChI is InChI=1S/C13H23NO2/c1-10(13(15)16-2)9-14-8-7-11-5-3-4-6-12(11)14/h10-12H,3-9H2,1-2H3. The van der Waals surface area contributed by atoms with E-state index in [1.54, 1.807) is 0 Å². The fourth-order valence-corrected chi connectivity index (χ4v) is 3.36. The van der Waals surface area contributed by atoms with Crippen LogP contribution in [0.3, 0.4) is 0 Å². The highest BCUT2D eigenvalue weighted by Crippen LogP contribution is 2.36. The molecule has 16 heavy (non-hydrogen) atoms. The molecule has 0 aromatic carbocycles. The number of carbonyl (C=O) groups excluding carboxylic acids is 1. The Morgan fingerprint density at radius 1 is 1.38 bits per heavy atom. The number of methoxy groups -OCH3 is 1. The zero-order valence-corrected chi connectivity index (χ0v) is 10.4. The maximum Gasteiger partial charge on any atom is 0.309 e. The molecule has 1 heterocycles. The van der Waals surface area contributed by atoms with Gasteiger partial charge in [-0.1, -0.05) is 19.8 Å². The van der Waals surface area contributed by atoms with Crippen molar-refractivity contribution < 1.29 is 9.53 Å². The lowest BCUT2D eigenvalue weighted by Gasteiger charge is -2.32. The maximum atomic E-state index is 11.4. The van der Waals surface area contributed by atoms with Crippen molar-refractivity contribution in [1.82, 2.24) is 4.90 Å². The molecule has 0 bridgehead atoms. The highest BCUT2D eigenvalue weighted by molar-refractivity contribution is 5.72. The number of esters is 1. The summed E-state index contributed by atoms with van der Waals surface area (Å²) in [6.07, 6.45) is 6.83. The molecule has 0 radical (unpaired) electrons. The Morgan fingerprint density at radius 2 is 2.12 bits per heavy atom. The number of rotatable bonds is 3. The molecule has 2 fully saturated rings. The number of nitrogens with zero attached hydrogens (tertiary/aromatic N) is 1. The van der Waals surface area contributed by atoms with Gasteiger partial charge in [0.2, 0.25) is 0 Å². The van der Waals surface area contributed by atoms with Crippen molar-refractivity contribution >= 4 is 5.97 Å². The van der Waals surface area contributed by atoms with Crippen LogP contribution in [0.1, 0.15) is 39.0 Å². The normalized spacial score (nSPS) is 32.1. The second-order valence-corrected chi connectivity index (χ2v) is 5.32. The Labute approximate surface area is 98.1 Å². The van der Waals surface area contributed by atoms with Gasteiger partial charge in [0, 0.05) is 12.6 Å². The minimum Gasteiger partial charge on any atom is -0.469 e. The van der Waals surface area contributed by atoms with Crippen molar-refractivity contribution in [2.45, 2.75) is 45.1 Å². The van der Waals surface area contributed by atoms with E-state index in [1.165, 1.54) is 45.8 Å². The molecule has 0 amide bonds. The van der Waals surface area contributed by atoms with Gasteiger partial charge in [-0.05, 0) is 31.7 Å². The average Bonchev–Trinajstić information content (AvgIpc) is 2.72. The van der Waals surface area contributed by atoms with E-state index in [9.17, 15) is 4.79 Å². The number of hydrogen-bond donors (Lipinski definition) is 0. The fourth-order valence-electron chi connectivity index (χ4n) is 3.36. The van der Waals surface area contributed by atoms with Crippen LogP contribution in [0.5, 0.6) is 0 Å². The summed E-state index contributed by atoms with van der Waals surface area (Å²) in [5, 5.41) is 0. The van der Waals surface area contributed by atoms with E-state index < -0.39 is 0 Å². The molecule has 2 rings (SSSR count). The molecule has 0 N–H and O–H groups in total. The molecule has 1 aliphatic heterocycles. The SMILES string of the molecule is COC(=O)C(C)CN1CCC2CCCCC21. The van der Waals surface area contributed by atoms with E-state index in [2.05, 4.69) is 4.90 Å². The molecule has 2 aliphatic rings. The van der Waals surface area contributed by atoms with Crippen molar-refractivity contribution in [1.29, 1.82) is 0 Å². The summed E-state index contributed by atoms with van der Waals surface area (Å²) in [7, 11) is 1.48. The Hall–Kier alpha value is -0.570. The Morgan fingerprint density at radius 3 is 2.88 bits per heavy atom. The molecule has 3 atom stereocenters. The topological polar surface area (TPSA) is 29.5 Å². The summed E-state index contributed by atoms with van der Waals surface area (Å²) in [6, 6.07) is 0.751. The van der Waals surface area contributed by atoms with Crippen molar-refractivity contribution in [3.05, 3.63) is 0 Å². The van der Waals surface area contributed by atoms with Gasteiger partial charge in [0.1, 0.15) is 0 Å². The molecule has 0 spiro atoms. The van der Waals surface area contributed by atoms with Crippen LogP contribution < -0.4 is 0 Å². The predicted octanol–water partition coefficient (Wildman–Crippen LogP) is 2.06. The van der Waals surface area contributed by atoms with Crippen LogP contribution in [0, 0.1) is 11.8 Å². The largest absolute Gasteiger partial charge is 0.469 e. The van der Waals surface area contributed by atoms with Gasteiger partial charge in [-0.25, -0.2) is 0 Å². The van der Waals surface area contributed by atoms with Crippen LogP contribution in [0.15, 0.2) is 0 Å². The van der Waals surface area contributed by atoms with Gasteiger partial charge < -0.3 is 4.74 Å². The Bertz CT molecular complexity index is 254. The van der Waals surface area contributed by atoms with E-state index in [1.807, 2.05) is 6.92 Å². The van der Waals surface area contributed by atoms with Crippen molar-refractivity contribution in [3.8, 4) is 0 Å². The molecule has 0 aromatic rings. The van der Waals surface area contributed by atoms with E-state index >= 15 is 0 Å². The van der Waals surface area contributed by atoms with Crippen molar-refractivity contribution in [2.24, 2.45) is 11.8 Å². The Balaban J connectivity index is 1.88. The van der Waals surface area contributed by atoms with Gasteiger partial charge in [-0.15, -0.1) is 0 Å². The number of hydrogen-bond acceptors (Lipinski definition) is 3. The van der Waals surface area contributed by atoms with Crippen LogP contribution in [0.4, 0.5) is 0 Å². The molecule has 1 saturated heterocycles. The fraction of sp³-hybridized carbons (Fsp3) is 0.923. The van der Waals surface area contributed by atoms with Crippen LogP contribution in [0.2, 0.25) is 0 Å². The van der Waals surface area contributed by atoms with E-state index in [-0.39, 0.29) is 11.9 Å². The molecule has 1 aliphatic carbocycles. The summed E-state index contributed by atoms with van der Waals surface area (Å²) in [5.41, 5.74) is 0. The molecular weight excluding hydrogens is 202 g/mol. The van der Waals surface area contributed by atoms with Gasteiger partial charge >= 0.3 is 5.97 Å². The zero-order chi connectivity index (χ0) is 11.5. The quantitative estimate of drug-likeness (QED) is 0.689. The van der Waals surface area contributed by atoms with Gasteiger partial charge in [-0.2, -0.15) is 0 Å². The maximum absolute atomic E-state index is 11.4. The van der Waals surface area contributed by atoms with Gasteiger partial charge in [0.05, 0.1) is 13.0 Å². The first-order chi connectivity index (χ1) is 7.72. The predicted molar refractivity (Wildman–Crippen MR) is 63.1 cm³/mol. The third-order valence-electron chi connectivity index (χ3n) is 4.24. The van der Waals surface area contributed by atoms with Crippen LogP contribution in [-0.2, 0) is 9.53 Å². The molecule has 3 unspecified atom stereocenters. The molecule has 3 heteroatoms. The number of carbonyl (C=O) groups is 1. The minimum atomic E-state index is -0.0701. The third-order valence-corrected chi connectivity index (χ3v) is 4.24. The lowest BCUT2D eigenvalue weighted by atomic mass is 9.85. The molecular formula is C13H23NO2. The average molecular weight is 225 g/mol. The second-order valence-electron chi connectivity index (χ2n) is 5.32. The first-order valence-corrected chi connectivity index (χ1v) is 6.54. The zero-order valence-electron chi connectivity index (χ0n) is 10.4. The highest BCUT2D eigenvalue weighted by atomic mass is 16.5. The third kappa shape index (κ3) is 2.40. The lowest BCUT2D eigenvalue weighted by Crippen LogP contribution is -2.39. The van der Waals surface area contributed by atoms with Crippen LogP contribution in [0.25, 0.3) is 0 Å². The van der Waals surface area contributed by atoms with Gasteiger partial charge in [0.25, 0.3) is 0 Å². The summed E-state index contributed by atoms with van der Waals surface area (Å²) < 4.78 is 4.79. The van der Waals surface area contributed by atoms with E-state index in [4.69, 9.17) is 4.74 Å². The number of fused-ring (bicyclic) bond motifs is 1. The first-order valence-electron chi connectivity index (χ1n) is 6.54. The summed E-state index contributed by atoms with van der Waals surface area (Å²) in [6.45, 7) is 4.03. The summed E-state index contributed by atoms with van der Waals surface area (Å²) >= 11 is 0. The Kier molecular flexibility index (Phi) is 3.85. The molecule has 1 saturated carbocycles. The first kappa shape index (κ1) is 11.9. The molecule has 92 valence electrons. The highest BCUT2D eigenvalue weighted by Gasteiger charge is 2.36. The van der Waals surface area contributed by atoms with Crippen LogP contribution >= 0.6 is 0 Å². The second kappa shape index (κ2) is 5.17. The monoisotopic (exact) mass is 225 g/mol. The van der Waals surface area contributed by atoms with E-state index in [0.717, 1.165) is 18.5 Å². The summed E-state index contributed by atoms with van der Waals surface area (Å²) in [4.78, 5) is 13.9. The molecule has 0 aromatic heterocycles. The van der Waals surface area contributed by atoms with Crippen LogP contribution in [-0.4, -0.2) is 37.1 Å². The van der Waals surface area contributed by atoms with Crippen molar-refractivity contribution in [2.75, 3.05) is 20.2 Å². The van der Waals surface area contributed by atoms with Gasteiger partial charge in [0.15, 0.2) is 0 Å². The lowest BCUT2D eigenvalue weighted by molar-refractivity contribution is -0.145. The van der Waals surface area contributed by atoms with Crippen molar-refractivity contribution in [3.63, 3.8) is 0 Å².